The van der Waals surface area contributed by atoms with Crippen molar-refractivity contribution in [1.82, 2.24) is 0 Å². The fraction of sp³-hybridized carbons (Fsp3) is 0.800. The van der Waals surface area contributed by atoms with Crippen molar-refractivity contribution in [1.29, 1.82) is 0 Å². The van der Waals surface area contributed by atoms with Gasteiger partial charge in [0.2, 0.25) is 0 Å². The topological polar surface area (TPSA) is 26.3 Å². The Balaban J connectivity index is 4.08. The highest BCUT2D eigenvalue weighted by Crippen LogP contribution is 2.26. The highest BCUT2D eigenvalue weighted by Gasteiger charge is 2.41. The van der Waals surface area contributed by atoms with Gasteiger partial charge in [0.05, 0.1) is 7.11 Å². The van der Waals surface area contributed by atoms with Crippen LogP contribution < -0.4 is 0 Å². The van der Waals surface area contributed by atoms with E-state index in [1.54, 1.807) is 0 Å². The molecule has 2 nitrogen and oxygen atoms in total. The second-order valence-electron chi connectivity index (χ2n) is 1.79. The highest BCUT2D eigenvalue weighted by atomic mass is 19.4. The van der Waals surface area contributed by atoms with E-state index in [0.29, 0.717) is 0 Å². The Morgan fingerprint density at radius 3 is 2.00 bits per heavy atom. The first-order chi connectivity index (χ1) is 4.39. The van der Waals surface area contributed by atoms with Crippen LogP contribution in [0.4, 0.5) is 13.2 Å². The third-order valence-electron chi connectivity index (χ3n) is 1.05. The van der Waals surface area contributed by atoms with Crippen molar-refractivity contribution in [3.05, 3.63) is 0 Å². The molecule has 0 aromatic rings. The fourth-order valence-electron chi connectivity index (χ4n) is 0.310. The number of ether oxygens (including phenoxy) is 1. The van der Waals surface area contributed by atoms with E-state index >= 15 is 0 Å². The molecule has 0 spiro atoms. The van der Waals surface area contributed by atoms with Crippen LogP contribution >= 0.6 is 0 Å². The molecule has 0 aliphatic rings. The summed E-state index contributed by atoms with van der Waals surface area (Å²) in [6.45, 7) is 0.756. The molecule has 0 radical (unpaired) electrons. The summed E-state index contributed by atoms with van der Waals surface area (Å²) in [7, 11) is 0.921. The molecule has 0 aliphatic heterocycles. The fourth-order valence-corrected chi connectivity index (χ4v) is 0.310. The molecule has 5 heteroatoms. The first kappa shape index (κ1) is 9.26. The molecule has 0 heterocycles. The lowest BCUT2D eigenvalue weighted by atomic mass is 10.2. The Labute approximate surface area is 56.0 Å². The van der Waals surface area contributed by atoms with E-state index in [-0.39, 0.29) is 0 Å². The van der Waals surface area contributed by atoms with Crippen LogP contribution in [0.5, 0.6) is 0 Å². The van der Waals surface area contributed by atoms with E-state index < -0.39 is 18.1 Å². The molecule has 1 atom stereocenters. The van der Waals surface area contributed by atoms with Crippen molar-refractivity contribution in [2.24, 2.45) is 5.92 Å². The van der Waals surface area contributed by atoms with Gasteiger partial charge >= 0.3 is 12.1 Å². The van der Waals surface area contributed by atoms with E-state index in [1.807, 2.05) is 0 Å². The maximum absolute atomic E-state index is 11.6. The Bertz CT molecular complexity index is 129. The van der Waals surface area contributed by atoms with Crippen molar-refractivity contribution >= 4 is 5.97 Å². The van der Waals surface area contributed by atoms with Gasteiger partial charge in [0, 0.05) is 0 Å². The van der Waals surface area contributed by atoms with E-state index in [4.69, 9.17) is 0 Å². The van der Waals surface area contributed by atoms with Gasteiger partial charge < -0.3 is 4.74 Å². The summed E-state index contributed by atoms with van der Waals surface area (Å²) < 4.78 is 38.6. The van der Waals surface area contributed by atoms with E-state index in [2.05, 4.69) is 4.74 Å². The molecule has 10 heavy (non-hydrogen) atoms. The summed E-state index contributed by atoms with van der Waals surface area (Å²) in [6, 6.07) is 0. The van der Waals surface area contributed by atoms with Crippen LogP contribution in [0.1, 0.15) is 6.92 Å². The molecule has 0 saturated carbocycles. The second-order valence-corrected chi connectivity index (χ2v) is 1.79. The molecule has 0 aromatic heterocycles. The quantitative estimate of drug-likeness (QED) is 0.536. The monoisotopic (exact) mass is 156 g/mol. The van der Waals surface area contributed by atoms with E-state index in [1.165, 1.54) is 0 Å². The molecule has 0 aliphatic carbocycles. The second kappa shape index (κ2) is 2.90. The van der Waals surface area contributed by atoms with Gasteiger partial charge in [-0.1, -0.05) is 0 Å². The summed E-state index contributed by atoms with van der Waals surface area (Å²) in [5.74, 6) is -3.29. The minimum absolute atomic E-state index is 0.756. The minimum Gasteiger partial charge on any atom is -0.469 e. The average Bonchev–Trinajstić information content (AvgIpc) is 1.83. The van der Waals surface area contributed by atoms with Gasteiger partial charge in [0.1, 0.15) is 5.92 Å². The van der Waals surface area contributed by atoms with Crippen LogP contribution in [0.3, 0.4) is 0 Å². The molecule has 0 bridgehead atoms. The van der Waals surface area contributed by atoms with Crippen LogP contribution in [0.2, 0.25) is 0 Å². The van der Waals surface area contributed by atoms with Crippen LogP contribution in [0.15, 0.2) is 0 Å². The van der Waals surface area contributed by atoms with Crippen LogP contribution in [-0.4, -0.2) is 19.3 Å². The van der Waals surface area contributed by atoms with E-state index in [0.717, 1.165) is 14.0 Å². The maximum Gasteiger partial charge on any atom is 0.401 e. The Morgan fingerprint density at radius 2 is 1.90 bits per heavy atom. The Kier molecular flexibility index (Phi) is 2.68. The standard InChI is InChI=1S/C5H7F3O2/c1-3(4(9)10-2)5(6,7)8/h3H,1-2H3. The number of methoxy groups -OCH3 is 1. The number of esters is 1. The average molecular weight is 156 g/mol. The Morgan fingerprint density at radius 1 is 1.50 bits per heavy atom. The zero-order valence-corrected chi connectivity index (χ0v) is 5.53. The summed E-state index contributed by atoms with van der Waals surface area (Å²) in [5, 5.41) is 0. The smallest absolute Gasteiger partial charge is 0.401 e. The zero-order valence-electron chi connectivity index (χ0n) is 5.53. The van der Waals surface area contributed by atoms with E-state index in [9.17, 15) is 18.0 Å². The van der Waals surface area contributed by atoms with Gasteiger partial charge in [-0.25, -0.2) is 0 Å². The highest BCUT2D eigenvalue weighted by molar-refractivity contribution is 5.72. The summed E-state index contributed by atoms with van der Waals surface area (Å²) in [6.07, 6.45) is -4.49. The van der Waals surface area contributed by atoms with Gasteiger partial charge in [0.25, 0.3) is 0 Å². The normalized spacial score (nSPS) is 14.5. The zero-order chi connectivity index (χ0) is 8.36. The first-order valence-electron chi connectivity index (χ1n) is 2.54. The van der Waals surface area contributed by atoms with Gasteiger partial charge in [0.15, 0.2) is 0 Å². The predicted octanol–water partition coefficient (Wildman–Crippen LogP) is 1.36. The lowest BCUT2D eigenvalue weighted by Gasteiger charge is -2.11. The van der Waals surface area contributed by atoms with Crippen molar-refractivity contribution < 1.29 is 22.7 Å². The largest absolute Gasteiger partial charge is 0.469 e. The van der Waals surface area contributed by atoms with Gasteiger partial charge in [-0.3, -0.25) is 4.79 Å². The van der Waals surface area contributed by atoms with Crippen molar-refractivity contribution in [3.63, 3.8) is 0 Å². The number of carbonyl (C=O) groups excluding carboxylic acids is 1. The van der Waals surface area contributed by atoms with Gasteiger partial charge in [-0.15, -0.1) is 0 Å². The third-order valence-corrected chi connectivity index (χ3v) is 1.05. The van der Waals surface area contributed by atoms with Crippen molar-refractivity contribution in [3.8, 4) is 0 Å². The number of hydrogen-bond acceptors (Lipinski definition) is 2. The predicted molar refractivity (Wildman–Crippen MR) is 27.2 cm³/mol. The van der Waals surface area contributed by atoms with Crippen LogP contribution in [-0.2, 0) is 9.53 Å². The first-order valence-corrected chi connectivity index (χ1v) is 2.54. The lowest BCUT2D eigenvalue weighted by molar-refractivity contribution is -0.192. The summed E-state index contributed by atoms with van der Waals surface area (Å²) >= 11 is 0. The summed E-state index contributed by atoms with van der Waals surface area (Å²) in [5.41, 5.74) is 0. The number of halogens is 3. The molecule has 0 aromatic carbocycles. The van der Waals surface area contributed by atoms with Crippen LogP contribution in [0, 0.1) is 5.92 Å². The van der Waals surface area contributed by atoms with Crippen molar-refractivity contribution in [2.45, 2.75) is 13.1 Å². The Hall–Kier alpha value is -0.740. The third kappa shape index (κ3) is 2.24. The summed E-state index contributed by atoms with van der Waals surface area (Å²) in [4.78, 5) is 10.2. The van der Waals surface area contributed by atoms with Crippen LogP contribution in [0.25, 0.3) is 0 Å². The van der Waals surface area contributed by atoms with Gasteiger partial charge in [-0.05, 0) is 6.92 Å². The molecule has 60 valence electrons. The SMILES string of the molecule is COC(=O)C(C)C(F)(F)F. The minimum atomic E-state index is -4.49. The number of alkyl halides is 3. The van der Waals surface area contributed by atoms with Crippen molar-refractivity contribution in [2.75, 3.05) is 7.11 Å². The van der Waals surface area contributed by atoms with Gasteiger partial charge in [-0.2, -0.15) is 13.2 Å². The molecule has 0 fully saturated rings. The maximum atomic E-state index is 11.6. The molecular weight excluding hydrogens is 149 g/mol. The molecule has 1 unspecified atom stereocenters. The molecular formula is C5H7F3O2. The number of hydrogen-bond donors (Lipinski definition) is 0. The number of carbonyl (C=O) groups is 1. The number of rotatable bonds is 1. The molecule has 0 N–H and O–H groups in total. The molecule has 0 rings (SSSR count). The lowest BCUT2D eigenvalue weighted by Crippen LogP contribution is -2.28. The molecule has 0 amide bonds. The molecule has 0 saturated heterocycles.